The third kappa shape index (κ3) is 6.11. The van der Waals surface area contributed by atoms with Crippen LogP contribution < -0.4 is 5.32 Å². The number of nitrogens with one attached hydrogen (secondary N) is 1. The first-order valence-corrected chi connectivity index (χ1v) is 6.25. The monoisotopic (exact) mass is 279 g/mol. The zero-order chi connectivity index (χ0) is 14.5. The summed E-state index contributed by atoms with van der Waals surface area (Å²) in [6.07, 6.45) is -6.13. The second-order valence-corrected chi connectivity index (χ2v) is 4.89. The summed E-state index contributed by atoms with van der Waals surface area (Å²) in [4.78, 5) is 0. The Morgan fingerprint density at radius 3 is 2.42 bits per heavy atom. The van der Waals surface area contributed by atoms with Gasteiger partial charge in [0.2, 0.25) is 0 Å². The van der Waals surface area contributed by atoms with Gasteiger partial charge in [-0.05, 0) is 31.5 Å². The van der Waals surface area contributed by atoms with Gasteiger partial charge in [0.15, 0.2) is 6.10 Å². The summed E-state index contributed by atoms with van der Waals surface area (Å²) in [5, 5.41) is 3.19. The average molecular weight is 279 g/mol. The van der Waals surface area contributed by atoms with Gasteiger partial charge in [-0.1, -0.05) is 13.8 Å². The molecule has 0 amide bonds. The SMILES string of the molecule is CC(C)CNCc1ccc(COC(C)C(F)(F)F)o1. The van der Waals surface area contributed by atoms with Crippen molar-refractivity contribution >= 4 is 0 Å². The Kier molecular flexibility index (Phi) is 5.87. The lowest BCUT2D eigenvalue weighted by Crippen LogP contribution is -2.28. The van der Waals surface area contributed by atoms with Gasteiger partial charge in [-0.15, -0.1) is 0 Å². The van der Waals surface area contributed by atoms with Crippen LogP contribution in [0.3, 0.4) is 0 Å². The molecule has 19 heavy (non-hydrogen) atoms. The van der Waals surface area contributed by atoms with Crippen LogP contribution in [0.4, 0.5) is 13.2 Å². The van der Waals surface area contributed by atoms with E-state index in [0.717, 1.165) is 13.5 Å². The maximum Gasteiger partial charge on any atom is 0.414 e. The molecule has 0 spiro atoms. The molecule has 1 rings (SSSR count). The molecule has 0 bridgehead atoms. The first kappa shape index (κ1) is 16.0. The standard InChI is InChI=1S/C13H20F3NO2/c1-9(2)6-17-7-11-4-5-12(19-11)8-18-10(3)13(14,15)16/h4-5,9-10,17H,6-8H2,1-3H3. The number of ether oxygens (including phenoxy) is 1. The molecule has 1 heterocycles. The molecule has 1 atom stereocenters. The highest BCUT2D eigenvalue weighted by molar-refractivity contribution is 5.06. The highest BCUT2D eigenvalue weighted by Crippen LogP contribution is 2.23. The lowest BCUT2D eigenvalue weighted by Gasteiger charge is -2.15. The minimum Gasteiger partial charge on any atom is -0.462 e. The van der Waals surface area contributed by atoms with Crippen LogP contribution in [0.2, 0.25) is 0 Å². The van der Waals surface area contributed by atoms with Crippen LogP contribution in [0.25, 0.3) is 0 Å². The molecule has 1 aromatic heterocycles. The molecule has 0 fully saturated rings. The molecule has 1 unspecified atom stereocenters. The maximum absolute atomic E-state index is 12.2. The summed E-state index contributed by atoms with van der Waals surface area (Å²) in [7, 11) is 0. The van der Waals surface area contributed by atoms with Crippen LogP contribution in [0.5, 0.6) is 0 Å². The van der Waals surface area contributed by atoms with E-state index in [2.05, 4.69) is 19.2 Å². The number of furan rings is 1. The maximum atomic E-state index is 12.2. The van der Waals surface area contributed by atoms with E-state index < -0.39 is 12.3 Å². The Morgan fingerprint density at radius 2 is 1.84 bits per heavy atom. The van der Waals surface area contributed by atoms with Crippen LogP contribution in [-0.2, 0) is 17.9 Å². The highest BCUT2D eigenvalue weighted by atomic mass is 19.4. The highest BCUT2D eigenvalue weighted by Gasteiger charge is 2.36. The molecule has 0 aliphatic carbocycles. The fourth-order valence-electron chi connectivity index (χ4n) is 1.38. The van der Waals surface area contributed by atoms with Crippen molar-refractivity contribution in [3.8, 4) is 0 Å². The molecule has 0 saturated heterocycles. The molecule has 6 heteroatoms. The summed E-state index contributed by atoms with van der Waals surface area (Å²) in [5.41, 5.74) is 0. The molecule has 0 aliphatic heterocycles. The molecule has 1 aromatic rings. The fourth-order valence-corrected chi connectivity index (χ4v) is 1.38. The first-order chi connectivity index (χ1) is 8.79. The second-order valence-electron chi connectivity index (χ2n) is 4.89. The molecule has 0 radical (unpaired) electrons. The molecule has 3 nitrogen and oxygen atoms in total. The van der Waals surface area contributed by atoms with Gasteiger partial charge in [-0.2, -0.15) is 13.2 Å². The normalized spacial score (nSPS) is 14.1. The van der Waals surface area contributed by atoms with Gasteiger partial charge in [0.1, 0.15) is 18.1 Å². The average Bonchev–Trinajstić information content (AvgIpc) is 2.72. The van der Waals surface area contributed by atoms with Gasteiger partial charge >= 0.3 is 6.18 Å². The fraction of sp³-hybridized carbons (Fsp3) is 0.692. The first-order valence-electron chi connectivity index (χ1n) is 6.25. The summed E-state index contributed by atoms with van der Waals surface area (Å²) >= 11 is 0. The van der Waals surface area contributed by atoms with Gasteiger partial charge < -0.3 is 14.5 Å². The zero-order valence-corrected chi connectivity index (χ0v) is 11.4. The molecular weight excluding hydrogens is 259 g/mol. The summed E-state index contributed by atoms with van der Waals surface area (Å²) in [6, 6.07) is 3.37. The van der Waals surface area contributed by atoms with Crippen LogP contribution in [-0.4, -0.2) is 18.8 Å². The Bertz CT molecular complexity index is 374. The van der Waals surface area contributed by atoms with E-state index >= 15 is 0 Å². The van der Waals surface area contributed by atoms with Crippen molar-refractivity contribution in [3.05, 3.63) is 23.7 Å². The smallest absolute Gasteiger partial charge is 0.414 e. The van der Waals surface area contributed by atoms with Crippen LogP contribution in [0.1, 0.15) is 32.3 Å². The van der Waals surface area contributed by atoms with Gasteiger partial charge in [0, 0.05) is 0 Å². The van der Waals surface area contributed by atoms with Crippen molar-refractivity contribution in [2.75, 3.05) is 6.54 Å². The van der Waals surface area contributed by atoms with Crippen LogP contribution >= 0.6 is 0 Å². The second kappa shape index (κ2) is 6.96. The Morgan fingerprint density at radius 1 is 1.21 bits per heavy atom. The number of rotatable bonds is 7. The number of hydrogen-bond donors (Lipinski definition) is 1. The topological polar surface area (TPSA) is 34.4 Å². The van der Waals surface area contributed by atoms with Gasteiger partial charge in [-0.25, -0.2) is 0 Å². The Labute approximate surface area is 111 Å². The number of hydrogen-bond acceptors (Lipinski definition) is 3. The summed E-state index contributed by atoms with van der Waals surface area (Å²) in [6.45, 7) is 6.41. The zero-order valence-electron chi connectivity index (χ0n) is 11.4. The lowest BCUT2D eigenvalue weighted by atomic mass is 10.2. The molecule has 0 saturated carbocycles. The lowest BCUT2D eigenvalue weighted by molar-refractivity contribution is -0.218. The summed E-state index contributed by atoms with van der Waals surface area (Å²) in [5.74, 6) is 1.63. The minimum absolute atomic E-state index is 0.176. The van der Waals surface area contributed by atoms with Crippen molar-refractivity contribution < 1.29 is 22.3 Å². The molecule has 110 valence electrons. The largest absolute Gasteiger partial charge is 0.462 e. The van der Waals surface area contributed by atoms with Crippen LogP contribution in [0.15, 0.2) is 16.5 Å². The van der Waals surface area contributed by atoms with Crippen molar-refractivity contribution in [1.82, 2.24) is 5.32 Å². The quantitative estimate of drug-likeness (QED) is 0.829. The van der Waals surface area contributed by atoms with E-state index in [-0.39, 0.29) is 6.61 Å². The molecule has 0 aliphatic rings. The molecule has 0 aromatic carbocycles. The van der Waals surface area contributed by atoms with Crippen molar-refractivity contribution in [3.63, 3.8) is 0 Å². The molecular formula is C13H20F3NO2. The third-order valence-electron chi connectivity index (χ3n) is 2.51. The predicted molar refractivity (Wildman–Crippen MR) is 65.6 cm³/mol. The summed E-state index contributed by atoms with van der Waals surface area (Å²) < 4.78 is 46.8. The van der Waals surface area contributed by atoms with Gasteiger partial charge in [0.25, 0.3) is 0 Å². The van der Waals surface area contributed by atoms with Crippen molar-refractivity contribution in [2.45, 2.75) is 46.2 Å². The van der Waals surface area contributed by atoms with Gasteiger partial charge in [0.05, 0.1) is 6.54 Å². The van der Waals surface area contributed by atoms with Gasteiger partial charge in [-0.3, -0.25) is 0 Å². The predicted octanol–water partition coefficient (Wildman–Crippen LogP) is 3.49. The van der Waals surface area contributed by atoms with E-state index in [0.29, 0.717) is 24.0 Å². The Hall–Kier alpha value is -1.01. The van der Waals surface area contributed by atoms with E-state index in [1.807, 2.05) is 0 Å². The molecule has 1 N–H and O–H groups in total. The minimum atomic E-state index is -4.34. The third-order valence-corrected chi connectivity index (χ3v) is 2.51. The number of halogens is 3. The van der Waals surface area contributed by atoms with E-state index in [4.69, 9.17) is 9.15 Å². The van der Waals surface area contributed by atoms with E-state index in [1.54, 1.807) is 12.1 Å². The Balaban J connectivity index is 2.34. The van der Waals surface area contributed by atoms with E-state index in [9.17, 15) is 13.2 Å². The van der Waals surface area contributed by atoms with Crippen molar-refractivity contribution in [1.29, 1.82) is 0 Å². The number of alkyl halides is 3. The van der Waals surface area contributed by atoms with E-state index in [1.165, 1.54) is 0 Å². The van der Waals surface area contributed by atoms with Crippen molar-refractivity contribution in [2.24, 2.45) is 5.92 Å². The van der Waals surface area contributed by atoms with Crippen LogP contribution in [0, 0.1) is 5.92 Å².